The molecule has 0 radical (unpaired) electrons. The number of anilines is 1. The van der Waals surface area contributed by atoms with Gasteiger partial charge < -0.3 is 4.74 Å². The molecule has 0 spiro atoms. The lowest BCUT2D eigenvalue weighted by atomic mass is 10.4. The Morgan fingerprint density at radius 1 is 1.43 bits per heavy atom. The van der Waals surface area contributed by atoms with Crippen LogP contribution in [0.2, 0.25) is 0 Å². The van der Waals surface area contributed by atoms with E-state index in [-0.39, 0.29) is 18.2 Å². The van der Waals surface area contributed by atoms with E-state index >= 15 is 0 Å². The standard InChI is InChI=1S/C11H11F2N3O3S2/c1-19-4-10-14-3-2-9(15-10)16-21(17,18)8-6-20-5-7(8)11(12)13/h2-3,5-6,11H,4H2,1H3,(H,14,15,16). The van der Waals surface area contributed by atoms with Crippen molar-refractivity contribution in [1.29, 1.82) is 0 Å². The van der Waals surface area contributed by atoms with Gasteiger partial charge in [0.25, 0.3) is 16.4 Å². The summed E-state index contributed by atoms with van der Waals surface area (Å²) in [5, 5.41) is 2.26. The third-order valence-corrected chi connectivity index (χ3v) is 4.72. The Labute approximate surface area is 123 Å². The second kappa shape index (κ2) is 6.41. The second-order valence-electron chi connectivity index (χ2n) is 3.89. The molecule has 0 amide bonds. The third-order valence-electron chi connectivity index (χ3n) is 2.40. The van der Waals surface area contributed by atoms with E-state index in [0.717, 1.165) is 22.1 Å². The molecule has 2 rings (SSSR count). The van der Waals surface area contributed by atoms with Gasteiger partial charge in [0.05, 0.1) is 0 Å². The van der Waals surface area contributed by atoms with Crippen molar-refractivity contribution in [3.63, 3.8) is 0 Å². The van der Waals surface area contributed by atoms with Crippen molar-refractivity contribution in [2.45, 2.75) is 17.9 Å². The second-order valence-corrected chi connectivity index (χ2v) is 6.28. The van der Waals surface area contributed by atoms with Crippen LogP contribution in [-0.2, 0) is 21.4 Å². The van der Waals surface area contributed by atoms with Crippen LogP contribution in [-0.4, -0.2) is 25.5 Å². The molecule has 0 saturated carbocycles. The van der Waals surface area contributed by atoms with Crippen molar-refractivity contribution in [3.05, 3.63) is 34.4 Å². The predicted molar refractivity (Wildman–Crippen MR) is 72.8 cm³/mol. The lowest BCUT2D eigenvalue weighted by Gasteiger charge is -2.08. The van der Waals surface area contributed by atoms with Crippen LogP contribution in [0.25, 0.3) is 0 Å². The Hall–Kier alpha value is -1.65. The maximum atomic E-state index is 12.8. The molecule has 0 aliphatic rings. The number of sulfonamides is 1. The number of rotatable bonds is 6. The van der Waals surface area contributed by atoms with Crippen molar-refractivity contribution in [2.24, 2.45) is 0 Å². The number of alkyl halides is 2. The molecule has 2 aromatic heterocycles. The van der Waals surface area contributed by atoms with Crippen molar-refractivity contribution in [3.8, 4) is 0 Å². The molecule has 114 valence electrons. The van der Waals surface area contributed by atoms with Gasteiger partial charge in [-0.1, -0.05) is 0 Å². The minimum atomic E-state index is -4.13. The Morgan fingerprint density at radius 3 is 2.86 bits per heavy atom. The van der Waals surface area contributed by atoms with Gasteiger partial charge in [-0.15, -0.1) is 0 Å². The highest BCUT2D eigenvalue weighted by Gasteiger charge is 2.25. The summed E-state index contributed by atoms with van der Waals surface area (Å²) in [7, 11) is -2.68. The van der Waals surface area contributed by atoms with Crippen LogP contribution in [0.4, 0.5) is 14.6 Å². The molecule has 0 aliphatic carbocycles. The summed E-state index contributed by atoms with van der Waals surface area (Å²) >= 11 is 0.891. The molecule has 2 heterocycles. The number of hydrogen-bond acceptors (Lipinski definition) is 6. The first-order valence-electron chi connectivity index (χ1n) is 5.62. The molecule has 0 saturated heterocycles. The number of methoxy groups -OCH3 is 1. The van der Waals surface area contributed by atoms with Gasteiger partial charge in [-0.2, -0.15) is 11.3 Å². The maximum absolute atomic E-state index is 12.8. The van der Waals surface area contributed by atoms with E-state index in [2.05, 4.69) is 14.7 Å². The zero-order valence-corrected chi connectivity index (χ0v) is 12.4. The zero-order valence-electron chi connectivity index (χ0n) is 10.8. The predicted octanol–water partition coefficient (Wildman–Crippen LogP) is 2.42. The van der Waals surface area contributed by atoms with E-state index in [9.17, 15) is 17.2 Å². The first-order chi connectivity index (χ1) is 9.94. The lowest BCUT2D eigenvalue weighted by molar-refractivity contribution is 0.148. The molecule has 0 bridgehead atoms. The molecule has 0 unspecified atom stereocenters. The van der Waals surface area contributed by atoms with Crippen molar-refractivity contribution in [1.82, 2.24) is 9.97 Å². The number of nitrogens with one attached hydrogen (secondary N) is 1. The zero-order chi connectivity index (χ0) is 15.5. The van der Waals surface area contributed by atoms with Gasteiger partial charge in [-0.05, 0) is 6.07 Å². The van der Waals surface area contributed by atoms with Gasteiger partial charge in [-0.3, -0.25) is 4.72 Å². The molecule has 2 aromatic rings. The lowest BCUT2D eigenvalue weighted by Crippen LogP contribution is -2.15. The smallest absolute Gasteiger partial charge is 0.265 e. The van der Waals surface area contributed by atoms with Crippen LogP contribution in [0.1, 0.15) is 17.8 Å². The van der Waals surface area contributed by atoms with Crippen LogP contribution in [0.15, 0.2) is 27.9 Å². The van der Waals surface area contributed by atoms with E-state index in [1.807, 2.05) is 0 Å². The number of thiophene rings is 1. The van der Waals surface area contributed by atoms with Gasteiger partial charge in [0.1, 0.15) is 17.3 Å². The normalized spacial score (nSPS) is 11.8. The maximum Gasteiger partial charge on any atom is 0.265 e. The summed E-state index contributed by atoms with van der Waals surface area (Å²) in [6.45, 7) is 0.107. The van der Waals surface area contributed by atoms with Gasteiger partial charge in [0.15, 0.2) is 5.82 Å². The van der Waals surface area contributed by atoms with E-state index in [1.54, 1.807) is 0 Å². The molecule has 10 heteroatoms. The monoisotopic (exact) mass is 335 g/mol. The molecule has 21 heavy (non-hydrogen) atoms. The topological polar surface area (TPSA) is 81.2 Å². The quantitative estimate of drug-likeness (QED) is 0.877. The summed E-state index contributed by atoms with van der Waals surface area (Å²) in [5.41, 5.74) is -0.529. The van der Waals surface area contributed by atoms with Crippen LogP contribution in [0.5, 0.6) is 0 Å². The number of aromatic nitrogens is 2. The number of nitrogens with zero attached hydrogens (tertiary/aromatic N) is 2. The number of hydrogen-bond donors (Lipinski definition) is 1. The molecule has 0 aromatic carbocycles. The molecule has 0 fully saturated rings. The summed E-state index contributed by atoms with van der Waals surface area (Å²) in [6.07, 6.45) is -1.52. The highest BCUT2D eigenvalue weighted by molar-refractivity contribution is 7.92. The summed E-state index contributed by atoms with van der Waals surface area (Å²) in [4.78, 5) is 7.35. The van der Waals surface area contributed by atoms with E-state index in [0.29, 0.717) is 0 Å². The Kier molecular flexibility index (Phi) is 4.80. The first kappa shape index (κ1) is 15.7. The summed E-state index contributed by atoms with van der Waals surface area (Å²) < 4.78 is 56.8. The van der Waals surface area contributed by atoms with E-state index in [1.165, 1.54) is 19.4 Å². The summed E-state index contributed by atoms with van der Waals surface area (Å²) in [6, 6.07) is 1.32. The van der Waals surface area contributed by atoms with Crippen molar-refractivity contribution < 1.29 is 21.9 Å². The number of ether oxygens (including phenoxy) is 1. The molecule has 0 aliphatic heterocycles. The fourth-order valence-electron chi connectivity index (χ4n) is 1.52. The van der Waals surface area contributed by atoms with Gasteiger partial charge in [0, 0.05) is 29.6 Å². The average Bonchev–Trinajstić information content (AvgIpc) is 2.89. The van der Waals surface area contributed by atoms with Crippen LogP contribution < -0.4 is 4.72 Å². The van der Waals surface area contributed by atoms with Crippen LogP contribution >= 0.6 is 11.3 Å². The van der Waals surface area contributed by atoms with E-state index in [4.69, 9.17) is 4.74 Å². The summed E-state index contributed by atoms with van der Waals surface area (Å²) in [5.74, 6) is 0.264. The Balaban J connectivity index is 2.29. The first-order valence-corrected chi connectivity index (χ1v) is 8.04. The molecular weight excluding hydrogens is 324 g/mol. The fraction of sp³-hybridized carbons (Fsp3) is 0.273. The Morgan fingerprint density at radius 2 is 2.19 bits per heavy atom. The van der Waals surface area contributed by atoms with Crippen molar-refractivity contribution in [2.75, 3.05) is 11.8 Å². The van der Waals surface area contributed by atoms with Crippen LogP contribution in [0.3, 0.4) is 0 Å². The molecule has 0 atom stereocenters. The minimum Gasteiger partial charge on any atom is -0.377 e. The highest BCUT2D eigenvalue weighted by atomic mass is 32.2. The largest absolute Gasteiger partial charge is 0.377 e. The van der Waals surface area contributed by atoms with E-state index < -0.39 is 26.9 Å². The van der Waals surface area contributed by atoms with Gasteiger partial charge >= 0.3 is 0 Å². The molecular formula is C11H11F2N3O3S2. The average molecular weight is 335 g/mol. The minimum absolute atomic E-state index is 0.0107. The van der Waals surface area contributed by atoms with Gasteiger partial charge in [0.2, 0.25) is 0 Å². The molecule has 6 nitrogen and oxygen atoms in total. The highest BCUT2D eigenvalue weighted by Crippen LogP contribution is 2.30. The third kappa shape index (κ3) is 3.71. The fourth-order valence-corrected chi connectivity index (χ4v) is 3.93. The Bertz CT molecular complexity index is 719. The molecule has 1 N–H and O–H groups in total. The SMILES string of the molecule is COCc1nccc(NS(=O)(=O)c2cscc2C(F)F)n1. The van der Waals surface area contributed by atoms with Gasteiger partial charge in [-0.25, -0.2) is 27.2 Å². The van der Waals surface area contributed by atoms with Crippen molar-refractivity contribution >= 4 is 27.2 Å². The van der Waals surface area contributed by atoms with Crippen LogP contribution in [0, 0.1) is 0 Å². The number of halogens is 2.